The second kappa shape index (κ2) is 6.52. The highest BCUT2D eigenvalue weighted by Gasteiger charge is 2.32. The summed E-state index contributed by atoms with van der Waals surface area (Å²) in [5.41, 5.74) is 1.77. The fourth-order valence-electron chi connectivity index (χ4n) is 3.44. The van der Waals surface area contributed by atoms with Crippen LogP contribution in [0.5, 0.6) is 0 Å². The van der Waals surface area contributed by atoms with Gasteiger partial charge in [0.1, 0.15) is 6.04 Å². The van der Waals surface area contributed by atoms with Crippen molar-refractivity contribution in [3.63, 3.8) is 0 Å². The summed E-state index contributed by atoms with van der Waals surface area (Å²) in [6, 6.07) is 8.93. The topological polar surface area (TPSA) is 85.4 Å². The normalized spacial score (nSPS) is 16.9. The van der Waals surface area contributed by atoms with Crippen LogP contribution in [0.4, 0.5) is 5.95 Å². The number of hydrogen-bond donors (Lipinski definition) is 2. The number of H-pyrrole nitrogens is 1. The maximum absolute atomic E-state index is 12.0. The average Bonchev–Trinajstić information content (AvgIpc) is 3.07. The predicted octanol–water partition coefficient (Wildman–Crippen LogP) is 1.91. The van der Waals surface area contributed by atoms with Crippen molar-refractivity contribution in [2.24, 2.45) is 0 Å². The first-order valence-corrected chi connectivity index (χ1v) is 8.29. The lowest BCUT2D eigenvalue weighted by Gasteiger charge is -2.37. The summed E-state index contributed by atoms with van der Waals surface area (Å²) in [6.07, 6.45) is 5.26. The molecule has 0 unspecified atom stereocenters. The lowest BCUT2D eigenvalue weighted by molar-refractivity contribution is -0.143. The van der Waals surface area contributed by atoms with E-state index in [4.69, 9.17) is 0 Å². The largest absolute Gasteiger partial charge is 0.480 e. The highest BCUT2D eigenvalue weighted by atomic mass is 16.4. The zero-order valence-electron chi connectivity index (χ0n) is 13.7. The number of anilines is 1. The number of aromatic amines is 1. The number of piperazine rings is 1. The van der Waals surface area contributed by atoms with Gasteiger partial charge in [0, 0.05) is 61.2 Å². The Morgan fingerprint density at radius 2 is 1.80 bits per heavy atom. The average molecular weight is 337 g/mol. The summed E-state index contributed by atoms with van der Waals surface area (Å²) >= 11 is 0. The zero-order valence-corrected chi connectivity index (χ0v) is 13.7. The molecule has 0 saturated carbocycles. The number of carbonyl (C=O) groups is 1. The Morgan fingerprint density at radius 3 is 2.52 bits per heavy atom. The van der Waals surface area contributed by atoms with E-state index < -0.39 is 12.0 Å². The van der Waals surface area contributed by atoms with Gasteiger partial charge in [-0.3, -0.25) is 9.69 Å². The molecule has 1 atom stereocenters. The number of benzene rings is 1. The van der Waals surface area contributed by atoms with E-state index in [1.165, 1.54) is 0 Å². The summed E-state index contributed by atoms with van der Waals surface area (Å²) in [6.45, 7) is 2.70. The minimum Gasteiger partial charge on any atom is -0.480 e. The second-order valence-corrected chi connectivity index (χ2v) is 6.10. The third-order valence-corrected chi connectivity index (χ3v) is 4.66. The standard InChI is InChI=1S/C18H19N5O2/c24-17(25)16(14-12-21-15-5-2-1-4-13(14)15)22-8-10-23(11-9-22)18-19-6-3-7-20-18/h1-7,12,16,21H,8-11H2,(H,24,25)/t16-/m1/s1. The number of aliphatic carboxylic acids is 1. The lowest BCUT2D eigenvalue weighted by atomic mass is 10.0. The molecule has 1 aliphatic rings. The van der Waals surface area contributed by atoms with Crippen LogP contribution in [-0.4, -0.2) is 57.1 Å². The molecule has 7 heteroatoms. The van der Waals surface area contributed by atoms with Gasteiger partial charge in [-0.2, -0.15) is 0 Å². The Morgan fingerprint density at radius 1 is 1.08 bits per heavy atom. The molecule has 128 valence electrons. The van der Waals surface area contributed by atoms with Gasteiger partial charge in [0.2, 0.25) is 5.95 Å². The van der Waals surface area contributed by atoms with Crippen LogP contribution in [0, 0.1) is 0 Å². The van der Waals surface area contributed by atoms with Gasteiger partial charge in [-0.15, -0.1) is 0 Å². The number of nitrogens with one attached hydrogen (secondary N) is 1. The van der Waals surface area contributed by atoms with E-state index in [9.17, 15) is 9.90 Å². The van der Waals surface area contributed by atoms with E-state index in [0.717, 1.165) is 16.5 Å². The van der Waals surface area contributed by atoms with Crippen molar-refractivity contribution in [1.29, 1.82) is 0 Å². The van der Waals surface area contributed by atoms with Gasteiger partial charge in [0.05, 0.1) is 0 Å². The van der Waals surface area contributed by atoms with Gasteiger partial charge in [-0.25, -0.2) is 9.97 Å². The summed E-state index contributed by atoms with van der Waals surface area (Å²) in [5.74, 6) is -0.129. The molecule has 1 aromatic carbocycles. The summed E-state index contributed by atoms with van der Waals surface area (Å²) in [5, 5.41) is 10.8. The van der Waals surface area contributed by atoms with Crippen LogP contribution < -0.4 is 4.90 Å². The molecular weight excluding hydrogens is 318 g/mol. The molecule has 1 saturated heterocycles. The van der Waals surface area contributed by atoms with Crippen LogP contribution in [0.15, 0.2) is 48.9 Å². The highest BCUT2D eigenvalue weighted by molar-refractivity contribution is 5.89. The van der Waals surface area contributed by atoms with Gasteiger partial charge in [0.25, 0.3) is 0 Å². The van der Waals surface area contributed by atoms with Crippen molar-refractivity contribution in [3.05, 3.63) is 54.5 Å². The fraction of sp³-hybridized carbons (Fsp3) is 0.278. The van der Waals surface area contributed by atoms with Crippen LogP contribution in [-0.2, 0) is 4.79 Å². The first kappa shape index (κ1) is 15.6. The first-order valence-electron chi connectivity index (χ1n) is 8.29. The fourth-order valence-corrected chi connectivity index (χ4v) is 3.44. The van der Waals surface area contributed by atoms with Gasteiger partial charge in [-0.05, 0) is 12.1 Å². The summed E-state index contributed by atoms with van der Waals surface area (Å²) in [4.78, 5) is 27.8. The highest BCUT2D eigenvalue weighted by Crippen LogP contribution is 2.29. The smallest absolute Gasteiger partial charge is 0.325 e. The quantitative estimate of drug-likeness (QED) is 0.756. The lowest BCUT2D eigenvalue weighted by Crippen LogP contribution is -2.49. The molecule has 0 aliphatic carbocycles. The number of carboxylic acid groups (broad SMARTS) is 1. The van der Waals surface area contributed by atoms with E-state index in [2.05, 4.69) is 19.9 Å². The van der Waals surface area contributed by atoms with E-state index in [-0.39, 0.29) is 0 Å². The Bertz CT molecular complexity index is 871. The third kappa shape index (κ3) is 2.94. The second-order valence-electron chi connectivity index (χ2n) is 6.10. The monoisotopic (exact) mass is 337 g/mol. The molecule has 0 amide bonds. The minimum atomic E-state index is -0.825. The summed E-state index contributed by atoms with van der Waals surface area (Å²) < 4.78 is 0. The number of para-hydroxylation sites is 1. The molecule has 2 N–H and O–H groups in total. The van der Waals surface area contributed by atoms with Gasteiger partial charge in [0.15, 0.2) is 0 Å². The van der Waals surface area contributed by atoms with Crippen molar-refractivity contribution in [1.82, 2.24) is 19.9 Å². The van der Waals surface area contributed by atoms with Crippen LogP contribution in [0.1, 0.15) is 11.6 Å². The Kier molecular flexibility index (Phi) is 4.07. The maximum atomic E-state index is 12.0. The molecule has 7 nitrogen and oxygen atoms in total. The number of rotatable bonds is 4. The van der Waals surface area contributed by atoms with Gasteiger partial charge >= 0.3 is 5.97 Å². The van der Waals surface area contributed by atoms with Crippen LogP contribution in [0.2, 0.25) is 0 Å². The van der Waals surface area contributed by atoms with Crippen LogP contribution >= 0.6 is 0 Å². The third-order valence-electron chi connectivity index (χ3n) is 4.66. The van der Waals surface area contributed by atoms with Gasteiger partial charge in [-0.1, -0.05) is 18.2 Å². The number of aromatic nitrogens is 3. The molecule has 0 bridgehead atoms. The van der Waals surface area contributed by atoms with E-state index in [1.807, 2.05) is 35.4 Å². The van der Waals surface area contributed by atoms with Crippen molar-refractivity contribution in [2.45, 2.75) is 6.04 Å². The molecule has 4 rings (SSSR count). The zero-order chi connectivity index (χ0) is 17.2. The Balaban J connectivity index is 1.56. The molecule has 3 aromatic rings. The van der Waals surface area contributed by atoms with Crippen LogP contribution in [0.25, 0.3) is 10.9 Å². The number of fused-ring (bicyclic) bond motifs is 1. The Labute approximate surface area is 144 Å². The molecule has 0 radical (unpaired) electrons. The van der Waals surface area contributed by atoms with Crippen molar-refractivity contribution in [3.8, 4) is 0 Å². The number of carboxylic acids is 1. The first-order chi connectivity index (χ1) is 12.2. The molecular formula is C18H19N5O2. The van der Waals surface area contributed by atoms with Gasteiger partial charge < -0.3 is 15.0 Å². The van der Waals surface area contributed by atoms with Crippen LogP contribution in [0.3, 0.4) is 0 Å². The minimum absolute atomic E-state index is 0.648. The molecule has 1 aliphatic heterocycles. The van der Waals surface area contributed by atoms with E-state index in [1.54, 1.807) is 18.5 Å². The van der Waals surface area contributed by atoms with Crippen molar-refractivity contribution >= 4 is 22.8 Å². The summed E-state index contributed by atoms with van der Waals surface area (Å²) in [7, 11) is 0. The molecule has 2 aromatic heterocycles. The number of hydrogen-bond acceptors (Lipinski definition) is 5. The molecule has 25 heavy (non-hydrogen) atoms. The maximum Gasteiger partial charge on any atom is 0.325 e. The predicted molar refractivity (Wildman–Crippen MR) is 94.5 cm³/mol. The van der Waals surface area contributed by atoms with Crippen molar-refractivity contribution < 1.29 is 9.90 Å². The number of nitrogens with zero attached hydrogens (tertiary/aromatic N) is 4. The molecule has 1 fully saturated rings. The van der Waals surface area contributed by atoms with E-state index >= 15 is 0 Å². The Hall–Kier alpha value is -2.93. The molecule has 0 spiro atoms. The van der Waals surface area contributed by atoms with E-state index in [0.29, 0.717) is 32.1 Å². The molecule has 3 heterocycles. The SMILES string of the molecule is O=C(O)[C@@H](c1c[nH]c2ccccc12)N1CCN(c2ncccn2)CC1. The van der Waals surface area contributed by atoms with Crippen molar-refractivity contribution in [2.75, 3.05) is 31.1 Å².